The van der Waals surface area contributed by atoms with Gasteiger partial charge in [0.05, 0.1) is 6.61 Å². The Hall–Kier alpha value is -0.770. The second-order valence-corrected chi connectivity index (χ2v) is 2.28. The molecule has 0 aliphatic carbocycles. The zero-order chi connectivity index (χ0) is 7.40. The lowest BCUT2D eigenvalue weighted by Gasteiger charge is -2.11. The van der Waals surface area contributed by atoms with Crippen molar-refractivity contribution in [3.8, 4) is 0 Å². The van der Waals surface area contributed by atoms with Crippen molar-refractivity contribution in [2.24, 2.45) is 0 Å². The smallest absolute Gasteiger partial charge is 0.317 e. The Labute approximate surface area is 59.8 Å². The summed E-state index contributed by atoms with van der Waals surface area (Å²) in [5.74, 6) is 0. The first-order chi connectivity index (χ1) is 4.84. The number of urea groups is 1. The van der Waals surface area contributed by atoms with E-state index in [1.54, 1.807) is 4.90 Å². The van der Waals surface area contributed by atoms with E-state index in [1.165, 1.54) is 0 Å². The lowest BCUT2D eigenvalue weighted by molar-refractivity contribution is 0.172. The summed E-state index contributed by atoms with van der Waals surface area (Å²) in [4.78, 5) is 12.5. The molecule has 1 radical (unpaired) electrons. The average molecular weight is 143 g/mol. The van der Waals surface area contributed by atoms with Crippen molar-refractivity contribution in [1.82, 2.24) is 10.2 Å². The van der Waals surface area contributed by atoms with Crippen LogP contribution in [0.5, 0.6) is 0 Å². The molecule has 0 aromatic heterocycles. The highest BCUT2D eigenvalue weighted by atomic mass is 16.3. The molecule has 1 heterocycles. The zero-order valence-corrected chi connectivity index (χ0v) is 5.80. The lowest BCUT2D eigenvalue weighted by Crippen LogP contribution is -2.29. The molecule has 2 amide bonds. The number of carbonyl (C=O) groups excluding carboxylic acids is 1. The van der Waals surface area contributed by atoms with Gasteiger partial charge in [-0.05, 0) is 6.42 Å². The van der Waals surface area contributed by atoms with Gasteiger partial charge in [-0.3, -0.25) is 0 Å². The molecule has 0 atom stereocenters. The van der Waals surface area contributed by atoms with Gasteiger partial charge in [0.25, 0.3) is 0 Å². The Morgan fingerprint density at radius 3 is 2.90 bits per heavy atom. The quantitative estimate of drug-likeness (QED) is 0.586. The predicted molar refractivity (Wildman–Crippen MR) is 35.1 cm³/mol. The first-order valence-corrected chi connectivity index (χ1v) is 3.45. The van der Waals surface area contributed by atoms with Crippen LogP contribution in [-0.4, -0.2) is 37.2 Å². The Kier molecular flexibility index (Phi) is 2.50. The maximum Gasteiger partial charge on any atom is 0.317 e. The third kappa shape index (κ3) is 1.60. The van der Waals surface area contributed by atoms with Crippen molar-refractivity contribution in [3.63, 3.8) is 0 Å². The van der Waals surface area contributed by atoms with Gasteiger partial charge in [0.1, 0.15) is 0 Å². The van der Waals surface area contributed by atoms with E-state index >= 15 is 0 Å². The number of hydrogen-bond donors (Lipinski definition) is 1. The van der Waals surface area contributed by atoms with E-state index in [9.17, 15) is 9.90 Å². The molecule has 0 bridgehead atoms. The van der Waals surface area contributed by atoms with Crippen LogP contribution in [0, 0.1) is 0 Å². The number of carbonyl (C=O) groups is 1. The van der Waals surface area contributed by atoms with Gasteiger partial charge < -0.3 is 10.2 Å². The number of nitrogens with zero attached hydrogens (tertiary/aromatic N) is 1. The third-order valence-corrected chi connectivity index (χ3v) is 1.52. The van der Waals surface area contributed by atoms with Crippen LogP contribution >= 0.6 is 0 Å². The monoisotopic (exact) mass is 143 g/mol. The van der Waals surface area contributed by atoms with Crippen LogP contribution in [0.4, 0.5) is 4.79 Å². The van der Waals surface area contributed by atoms with E-state index < -0.39 is 0 Å². The van der Waals surface area contributed by atoms with Crippen LogP contribution in [0.15, 0.2) is 0 Å². The van der Waals surface area contributed by atoms with Gasteiger partial charge >= 0.3 is 6.03 Å². The van der Waals surface area contributed by atoms with Crippen molar-refractivity contribution in [1.29, 1.82) is 0 Å². The van der Waals surface area contributed by atoms with Gasteiger partial charge in [-0.15, -0.1) is 0 Å². The van der Waals surface area contributed by atoms with E-state index in [0.717, 1.165) is 13.1 Å². The first kappa shape index (κ1) is 7.34. The Morgan fingerprint density at radius 1 is 1.60 bits per heavy atom. The van der Waals surface area contributed by atoms with Crippen molar-refractivity contribution >= 4 is 6.03 Å². The fourth-order valence-electron chi connectivity index (χ4n) is 0.980. The van der Waals surface area contributed by atoms with Crippen molar-refractivity contribution in [2.75, 3.05) is 26.2 Å². The standard InChI is InChI=1S/C6H11N2O2/c9-5-1-3-8-4-2-7-6(8)10/h1-5H2,(H,7,10). The van der Waals surface area contributed by atoms with Gasteiger partial charge in [-0.25, -0.2) is 9.90 Å². The summed E-state index contributed by atoms with van der Waals surface area (Å²) >= 11 is 0. The molecule has 0 aromatic carbocycles. The van der Waals surface area contributed by atoms with Gasteiger partial charge in [0.2, 0.25) is 0 Å². The average Bonchev–Trinajstić information content (AvgIpc) is 2.31. The van der Waals surface area contributed by atoms with E-state index in [0.29, 0.717) is 13.0 Å². The van der Waals surface area contributed by atoms with E-state index in [1.807, 2.05) is 0 Å². The van der Waals surface area contributed by atoms with Crippen molar-refractivity contribution < 1.29 is 9.90 Å². The predicted octanol–water partition coefficient (Wildman–Crippen LogP) is -0.168. The molecule has 0 saturated carbocycles. The first-order valence-electron chi connectivity index (χ1n) is 3.45. The maximum atomic E-state index is 10.8. The molecule has 4 heteroatoms. The lowest BCUT2D eigenvalue weighted by atomic mass is 10.4. The Bertz CT molecular complexity index is 127. The fourth-order valence-corrected chi connectivity index (χ4v) is 0.980. The molecule has 57 valence electrons. The summed E-state index contributed by atoms with van der Waals surface area (Å²) in [6.45, 7) is 1.98. The molecule has 0 aromatic rings. The highest BCUT2D eigenvalue weighted by Gasteiger charge is 2.17. The van der Waals surface area contributed by atoms with Gasteiger partial charge in [0, 0.05) is 19.6 Å². The van der Waals surface area contributed by atoms with Crippen LogP contribution in [0.1, 0.15) is 6.42 Å². The zero-order valence-electron chi connectivity index (χ0n) is 5.80. The number of nitrogens with one attached hydrogen (secondary N) is 1. The molecule has 1 N–H and O–H groups in total. The number of amides is 2. The van der Waals surface area contributed by atoms with E-state index in [-0.39, 0.29) is 12.6 Å². The second kappa shape index (κ2) is 3.41. The number of hydrogen-bond acceptors (Lipinski definition) is 1. The van der Waals surface area contributed by atoms with E-state index in [4.69, 9.17) is 0 Å². The van der Waals surface area contributed by atoms with Crippen molar-refractivity contribution in [3.05, 3.63) is 0 Å². The highest BCUT2D eigenvalue weighted by Crippen LogP contribution is 1.96. The minimum absolute atomic E-state index is 0.0338. The van der Waals surface area contributed by atoms with Gasteiger partial charge in [-0.2, -0.15) is 0 Å². The molecule has 1 fully saturated rings. The topological polar surface area (TPSA) is 52.2 Å². The fraction of sp³-hybridized carbons (Fsp3) is 0.833. The van der Waals surface area contributed by atoms with Crippen LogP contribution in [0.3, 0.4) is 0 Å². The Balaban J connectivity index is 2.20. The highest BCUT2D eigenvalue weighted by molar-refractivity contribution is 5.76. The molecule has 10 heavy (non-hydrogen) atoms. The largest absolute Gasteiger partial charge is 0.336 e. The third-order valence-electron chi connectivity index (χ3n) is 1.52. The van der Waals surface area contributed by atoms with Crippen LogP contribution < -0.4 is 5.32 Å². The molecule has 1 aliphatic heterocycles. The van der Waals surface area contributed by atoms with Crippen LogP contribution in [-0.2, 0) is 5.11 Å². The van der Waals surface area contributed by atoms with Gasteiger partial charge in [-0.1, -0.05) is 0 Å². The molecule has 4 nitrogen and oxygen atoms in total. The molecule has 0 spiro atoms. The van der Waals surface area contributed by atoms with E-state index in [2.05, 4.69) is 5.32 Å². The minimum Gasteiger partial charge on any atom is -0.336 e. The molecular weight excluding hydrogens is 132 g/mol. The normalized spacial score (nSPS) is 17.7. The summed E-state index contributed by atoms with van der Waals surface area (Å²) in [5, 5.41) is 12.7. The summed E-state index contributed by atoms with van der Waals surface area (Å²) in [5.41, 5.74) is 0. The van der Waals surface area contributed by atoms with Crippen LogP contribution in [0.2, 0.25) is 0 Å². The summed E-state index contributed by atoms with van der Waals surface area (Å²) < 4.78 is 0. The molecule has 1 aliphatic rings. The summed E-state index contributed by atoms with van der Waals surface area (Å²) in [7, 11) is 0. The molecular formula is C6H11N2O2. The molecule has 0 unspecified atom stereocenters. The molecule has 1 rings (SSSR count). The Morgan fingerprint density at radius 2 is 2.40 bits per heavy atom. The molecule has 1 saturated heterocycles. The summed E-state index contributed by atoms with van der Waals surface area (Å²) in [6.07, 6.45) is 0.563. The number of rotatable bonds is 3. The van der Waals surface area contributed by atoms with Crippen molar-refractivity contribution in [2.45, 2.75) is 6.42 Å². The summed E-state index contributed by atoms with van der Waals surface area (Å²) in [6, 6.07) is -0.0338. The maximum absolute atomic E-state index is 10.8. The van der Waals surface area contributed by atoms with Gasteiger partial charge in [0.15, 0.2) is 0 Å². The second-order valence-electron chi connectivity index (χ2n) is 2.28. The minimum atomic E-state index is -0.0935. The SMILES string of the molecule is [O]CCCN1CCNC1=O. The van der Waals surface area contributed by atoms with Crippen LogP contribution in [0.25, 0.3) is 0 Å².